The van der Waals surface area contributed by atoms with E-state index in [4.69, 9.17) is 10.5 Å². The molecule has 0 atom stereocenters. The van der Waals surface area contributed by atoms with Crippen molar-refractivity contribution in [1.29, 1.82) is 0 Å². The minimum absolute atomic E-state index is 0. The molecule has 80 valence electrons. The Morgan fingerprint density at radius 2 is 1.87 bits per heavy atom. The molecule has 2 nitrogen and oxygen atoms in total. The maximum atomic E-state index is 5.26. The van der Waals surface area contributed by atoms with Crippen molar-refractivity contribution in [3.63, 3.8) is 0 Å². The smallest absolute Gasteiger partial charge is 0.0940 e. The van der Waals surface area contributed by atoms with Crippen LogP contribution in [0.3, 0.4) is 0 Å². The Kier molecular flexibility index (Phi) is 3.33. The summed E-state index contributed by atoms with van der Waals surface area (Å²) in [6.07, 6.45) is 0.919. The number of nitrogens with two attached hydrogens (primary N) is 1. The molecule has 0 heterocycles. The van der Waals surface area contributed by atoms with Gasteiger partial charge in [0.25, 0.3) is 0 Å². The maximum Gasteiger partial charge on any atom is 0.0940 e. The van der Waals surface area contributed by atoms with Crippen LogP contribution in [0.4, 0.5) is 0 Å². The van der Waals surface area contributed by atoms with Crippen LogP contribution in [0.15, 0.2) is 42.5 Å². The SMILES string of the molecule is NCOCCc1ccc2ccccc2c1.[HH]. The minimum Gasteiger partial charge on any atom is -0.366 e. The van der Waals surface area contributed by atoms with Gasteiger partial charge in [-0.15, -0.1) is 0 Å². The Bertz CT molecular complexity index is 445. The van der Waals surface area contributed by atoms with Gasteiger partial charge in [0.2, 0.25) is 0 Å². The van der Waals surface area contributed by atoms with E-state index in [1.54, 1.807) is 0 Å². The first kappa shape index (κ1) is 10.1. The average molecular weight is 203 g/mol. The van der Waals surface area contributed by atoms with Gasteiger partial charge in [-0.1, -0.05) is 42.5 Å². The molecule has 0 radical (unpaired) electrons. The van der Waals surface area contributed by atoms with Gasteiger partial charge in [-0.25, -0.2) is 0 Å². The summed E-state index contributed by atoms with van der Waals surface area (Å²) in [4.78, 5) is 0. The summed E-state index contributed by atoms with van der Waals surface area (Å²) in [5.41, 5.74) is 6.55. The van der Waals surface area contributed by atoms with Crippen molar-refractivity contribution in [1.82, 2.24) is 0 Å². The van der Waals surface area contributed by atoms with Crippen LogP contribution in [0.1, 0.15) is 6.99 Å². The van der Waals surface area contributed by atoms with Crippen molar-refractivity contribution in [2.45, 2.75) is 6.42 Å². The zero-order valence-corrected chi connectivity index (χ0v) is 8.65. The van der Waals surface area contributed by atoms with Crippen LogP contribution in [0.5, 0.6) is 0 Å². The van der Waals surface area contributed by atoms with Crippen LogP contribution < -0.4 is 5.73 Å². The molecule has 2 heteroatoms. The van der Waals surface area contributed by atoms with Gasteiger partial charge in [0.05, 0.1) is 13.3 Å². The van der Waals surface area contributed by atoms with Gasteiger partial charge in [-0.3, -0.25) is 0 Å². The van der Waals surface area contributed by atoms with Crippen LogP contribution in [0.2, 0.25) is 0 Å². The van der Waals surface area contributed by atoms with Gasteiger partial charge >= 0.3 is 0 Å². The molecule has 0 spiro atoms. The third kappa shape index (κ3) is 2.55. The van der Waals surface area contributed by atoms with E-state index >= 15 is 0 Å². The highest BCUT2D eigenvalue weighted by Gasteiger charge is 1.95. The standard InChI is InChI=1S/C13H15NO.H2/c14-10-15-8-7-11-5-6-12-3-1-2-4-13(12)9-11;/h1-6,9H,7-8,10,14H2;1H. The summed E-state index contributed by atoms with van der Waals surface area (Å²) < 4.78 is 5.13. The number of fused-ring (bicyclic) bond motifs is 1. The second kappa shape index (κ2) is 4.91. The van der Waals surface area contributed by atoms with E-state index in [9.17, 15) is 0 Å². The van der Waals surface area contributed by atoms with Gasteiger partial charge in [0.15, 0.2) is 0 Å². The molecule has 0 amide bonds. The van der Waals surface area contributed by atoms with E-state index in [-0.39, 0.29) is 1.43 Å². The molecular weight excluding hydrogens is 186 g/mol. The van der Waals surface area contributed by atoms with Crippen molar-refractivity contribution in [3.05, 3.63) is 48.0 Å². The summed E-state index contributed by atoms with van der Waals surface area (Å²) in [5.74, 6) is 0. The van der Waals surface area contributed by atoms with Gasteiger partial charge in [0, 0.05) is 1.43 Å². The molecule has 0 unspecified atom stereocenters. The lowest BCUT2D eigenvalue weighted by Gasteiger charge is -2.03. The third-order valence-electron chi connectivity index (χ3n) is 2.47. The van der Waals surface area contributed by atoms with Crippen LogP contribution in [0, 0.1) is 0 Å². The van der Waals surface area contributed by atoms with Crippen LogP contribution in [0.25, 0.3) is 10.8 Å². The lowest BCUT2D eigenvalue weighted by molar-refractivity contribution is 0.144. The highest BCUT2D eigenvalue weighted by Crippen LogP contribution is 2.15. The van der Waals surface area contributed by atoms with Crippen LogP contribution >= 0.6 is 0 Å². The van der Waals surface area contributed by atoms with Crippen LogP contribution in [-0.2, 0) is 11.2 Å². The molecule has 0 aliphatic rings. The largest absolute Gasteiger partial charge is 0.366 e. The first-order valence-corrected chi connectivity index (χ1v) is 5.15. The van der Waals surface area contributed by atoms with E-state index < -0.39 is 0 Å². The summed E-state index contributed by atoms with van der Waals surface area (Å²) in [6.45, 7) is 0.989. The molecule has 2 aromatic carbocycles. The highest BCUT2D eigenvalue weighted by atomic mass is 16.5. The first-order chi connectivity index (χ1) is 7.40. The molecule has 2 rings (SSSR count). The zero-order valence-electron chi connectivity index (χ0n) is 8.65. The highest BCUT2D eigenvalue weighted by molar-refractivity contribution is 5.82. The fraction of sp³-hybridized carbons (Fsp3) is 0.231. The number of benzene rings is 2. The van der Waals surface area contributed by atoms with E-state index in [0.717, 1.165) is 6.42 Å². The molecule has 0 fully saturated rings. The lowest BCUT2D eigenvalue weighted by Crippen LogP contribution is -2.07. The van der Waals surface area contributed by atoms with E-state index in [2.05, 4.69) is 42.5 Å². The van der Waals surface area contributed by atoms with Crippen molar-refractivity contribution < 1.29 is 6.16 Å². The Labute approximate surface area is 91.1 Å². The van der Waals surface area contributed by atoms with Gasteiger partial charge in [-0.05, 0) is 22.8 Å². The summed E-state index contributed by atoms with van der Waals surface area (Å²) in [6, 6.07) is 14.9. The Morgan fingerprint density at radius 3 is 2.67 bits per heavy atom. The molecule has 0 aliphatic heterocycles. The van der Waals surface area contributed by atoms with E-state index in [0.29, 0.717) is 13.3 Å². The second-order valence-electron chi connectivity index (χ2n) is 3.51. The molecule has 0 saturated carbocycles. The molecular formula is C13H17NO. The van der Waals surface area contributed by atoms with Crippen molar-refractivity contribution in [2.24, 2.45) is 5.73 Å². The quantitative estimate of drug-likeness (QED) is 0.612. The lowest BCUT2D eigenvalue weighted by atomic mass is 10.1. The molecule has 0 aliphatic carbocycles. The van der Waals surface area contributed by atoms with Crippen molar-refractivity contribution >= 4 is 10.8 Å². The molecule has 2 aromatic rings. The second-order valence-corrected chi connectivity index (χ2v) is 3.51. The molecule has 0 bridgehead atoms. The molecule has 15 heavy (non-hydrogen) atoms. The van der Waals surface area contributed by atoms with Crippen molar-refractivity contribution in [3.8, 4) is 0 Å². The van der Waals surface area contributed by atoms with Gasteiger partial charge in [0.1, 0.15) is 0 Å². The minimum atomic E-state index is 0. The molecule has 0 saturated heterocycles. The molecule has 0 aromatic heterocycles. The fourth-order valence-corrected chi connectivity index (χ4v) is 1.67. The Morgan fingerprint density at radius 1 is 1.07 bits per heavy atom. The summed E-state index contributed by atoms with van der Waals surface area (Å²) in [7, 11) is 0. The number of hydrogen-bond acceptors (Lipinski definition) is 2. The average Bonchev–Trinajstić information content (AvgIpc) is 2.29. The predicted octanol–water partition coefficient (Wildman–Crippen LogP) is 2.56. The first-order valence-electron chi connectivity index (χ1n) is 5.15. The topological polar surface area (TPSA) is 35.2 Å². The van der Waals surface area contributed by atoms with Gasteiger partial charge < -0.3 is 10.5 Å². The summed E-state index contributed by atoms with van der Waals surface area (Å²) in [5, 5.41) is 2.56. The maximum absolute atomic E-state index is 5.26. The predicted molar refractivity (Wildman–Crippen MR) is 64.8 cm³/mol. The zero-order chi connectivity index (χ0) is 10.5. The third-order valence-corrected chi connectivity index (χ3v) is 2.47. The number of rotatable bonds is 4. The van der Waals surface area contributed by atoms with E-state index in [1.807, 2.05) is 0 Å². The van der Waals surface area contributed by atoms with Gasteiger partial charge in [-0.2, -0.15) is 0 Å². The monoisotopic (exact) mass is 203 g/mol. The fourth-order valence-electron chi connectivity index (χ4n) is 1.67. The summed E-state index contributed by atoms with van der Waals surface area (Å²) >= 11 is 0. The normalized spacial score (nSPS) is 10.7. The Balaban J connectivity index is 0.00000128. The van der Waals surface area contributed by atoms with E-state index in [1.165, 1.54) is 16.3 Å². The van der Waals surface area contributed by atoms with Crippen molar-refractivity contribution in [2.75, 3.05) is 13.3 Å². The Hall–Kier alpha value is -1.38. The van der Waals surface area contributed by atoms with Crippen LogP contribution in [-0.4, -0.2) is 13.3 Å². The molecule has 2 N–H and O–H groups in total. The number of hydrogen-bond donors (Lipinski definition) is 1. The number of ether oxygens (including phenoxy) is 1.